The van der Waals surface area contributed by atoms with E-state index in [1.54, 1.807) is 37.4 Å². The Morgan fingerprint density at radius 1 is 0.234 bits per heavy atom. The summed E-state index contributed by atoms with van der Waals surface area (Å²) in [4.78, 5) is 46.8. The van der Waals surface area contributed by atoms with Gasteiger partial charge in [0.1, 0.15) is 37.0 Å². The minimum absolute atomic E-state index is 0.847. The summed E-state index contributed by atoms with van der Waals surface area (Å²) in [5.74, 6) is 1.76. The molecule has 0 amide bonds. The van der Waals surface area contributed by atoms with E-state index in [1.807, 2.05) is 99.6 Å². The second-order valence-electron chi connectivity index (χ2n) is 16.1. The smallest absolute Gasteiger partial charge is 0.131 e. The zero-order chi connectivity index (χ0) is 59.7. The van der Waals surface area contributed by atoms with E-state index in [0.717, 1.165) is 68.0 Å². The molecule has 0 N–H and O–H groups in total. The van der Waals surface area contributed by atoms with Gasteiger partial charge < -0.3 is 0 Å². The predicted octanol–water partition coefficient (Wildman–Crippen LogP) is 18.4. The van der Waals surface area contributed by atoms with Crippen molar-refractivity contribution in [2.45, 2.75) is 235 Å². The average molecular weight is 1060 g/mol. The topological polar surface area (TPSA) is 155 Å². The van der Waals surface area contributed by atoms with E-state index >= 15 is 0 Å². The van der Waals surface area contributed by atoms with Gasteiger partial charge in [0.05, 0.1) is 0 Å². The lowest BCUT2D eigenvalue weighted by atomic mass is 10.2. The van der Waals surface area contributed by atoms with Crippen LogP contribution in [-0.4, -0.2) is 59.8 Å². The molecular weight excluding hydrogens is 949 g/mol. The lowest BCUT2D eigenvalue weighted by Gasteiger charge is -1.89. The van der Waals surface area contributed by atoms with Crippen molar-refractivity contribution in [1.82, 2.24) is 59.8 Å². The van der Waals surface area contributed by atoms with E-state index in [-0.39, 0.29) is 0 Å². The van der Waals surface area contributed by atoms with Gasteiger partial charge in [-0.3, -0.25) is 15.0 Å². The molecule has 7 aromatic heterocycles. The first-order valence-electron chi connectivity index (χ1n) is 29.0. The highest BCUT2D eigenvalue weighted by molar-refractivity contribution is 5.09. The van der Waals surface area contributed by atoms with Gasteiger partial charge >= 0.3 is 0 Å². The number of nitrogens with zero attached hydrogens (tertiary/aromatic N) is 12. The summed E-state index contributed by atoms with van der Waals surface area (Å²) in [6.07, 6.45) is 39.9. The lowest BCUT2D eigenvalue weighted by molar-refractivity contribution is 0.896. The van der Waals surface area contributed by atoms with Crippen molar-refractivity contribution in [1.29, 1.82) is 0 Å². The molecule has 0 saturated heterocycles. The highest BCUT2D eigenvalue weighted by atomic mass is 15.0. The number of hydrogen-bond acceptors (Lipinski definition) is 12. The van der Waals surface area contributed by atoms with E-state index in [4.69, 9.17) is 0 Å². The third kappa shape index (κ3) is 78.7. The Balaban J connectivity index is -0.000000140. The normalized spacial score (nSPS) is 8.27. The minimum Gasteiger partial charge on any atom is -0.265 e. The molecule has 0 bridgehead atoms. The van der Waals surface area contributed by atoms with Crippen LogP contribution < -0.4 is 0 Å². The SMILES string of the molecule is CCC.CCC.CCC.CCC.CCC.CCC.CCC.CCc1ccccn1.CCc1cccnc1.CCc1ccncc1.CCc1ccncn1.CCc1cncnc1.CCc1ncccn1.CCc1ncncn1. The molecular formula is C65H114N12. The molecule has 0 aromatic carbocycles. The fraction of sp³-hybridized carbons (Fsp3) is 0.538. The Hall–Kier alpha value is -6.30. The summed E-state index contributed by atoms with van der Waals surface area (Å²) in [5, 5.41) is 0. The van der Waals surface area contributed by atoms with Crippen LogP contribution in [0.1, 0.15) is 230 Å². The summed E-state index contributed by atoms with van der Waals surface area (Å²) >= 11 is 0. The van der Waals surface area contributed by atoms with Crippen molar-refractivity contribution in [3.8, 4) is 0 Å². The number of hydrogen-bond donors (Lipinski definition) is 0. The van der Waals surface area contributed by atoms with Gasteiger partial charge in [-0.1, -0.05) is 202 Å². The molecule has 0 unspecified atom stereocenters. The van der Waals surface area contributed by atoms with Crippen LogP contribution in [0.5, 0.6) is 0 Å². The van der Waals surface area contributed by atoms with Gasteiger partial charge in [-0.25, -0.2) is 44.9 Å². The van der Waals surface area contributed by atoms with Crippen LogP contribution >= 0.6 is 0 Å². The van der Waals surface area contributed by atoms with Crippen molar-refractivity contribution in [3.63, 3.8) is 0 Å². The van der Waals surface area contributed by atoms with Gasteiger partial charge in [-0.2, -0.15) is 0 Å². The molecule has 77 heavy (non-hydrogen) atoms. The molecule has 0 spiro atoms. The summed E-state index contributed by atoms with van der Waals surface area (Å²) in [5.41, 5.74) is 6.09. The Labute approximate surface area is 474 Å². The van der Waals surface area contributed by atoms with Crippen molar-refractivity contribution in [2.75, 3.05) is 0 Å². The van der Waals surface area contributed by atoms with Crippen molar-refractivity contribution >= 4 is 0 Å². The molecule has 0 aliphatic rings. The first-order chi connectivity index (χ1) is 37.4. The van der Waals surface area contributed by atoms with Crippen molar-refractivity contribution in [3.05, 3.63) is 182 Å². The molecule has 0 aliphatic heterocycles. The van der Waals surface area contributed by atoms with Crippen LogP contribution in [-0.2, 0) is 44.9 Å². The molecule has 7 heterocycles. The molecule has 12 heteroatoms. The number of aryl methyl sites for hydroxylation is 7. The second-order valence-corrected chi connectivity index (χ2v) is 16.1. The molecule has 0 fully saturated rings. The Morgan fingerprint density at radius 2 is 0.636 bits per heavy atom. The molecule has 0 aliphatic carbocycles. The Bertz CT molecular complexity index is 1530. The zero-order valence-corrected chi connectivity index (χ0v) is 53.0. The largest absolute Gasteiger partial charge is 0.265 e. The minimum atomic E-state index is 0.847. The first-order valence-corrected chi connectivity index (χ1v) is 29.0. The highest BCUT2D eigenvalue weighted by Crippen LogP contribution is 1.96. The summed E-state index contributed by atoms with van der Waals surface area (Å²) < 4.78 is 0. The number of rotatable bonds is 7. The van der Waals surface area contributed by atoms with Gasteiger partial charge in [0, 0.05) is 86.2 Å². The van der Waals surface area contributed by atoms with Crippen LogP contribution in [0.25, 0.3) is 0 Å². The first kappa shape index (κ1) is 84.6. The van der Waals surface area contributed by atoms with Crippen molar-refractivity contribution < 1.29 is 0 Å². The van der Waals surface area contributed by atoms with Gasteiger partial charge in [-0.05, 0) is 91.3 Å². The highest BCUT2D eigenvalue weighted by Gasteiger charge is 1.87. The van der Waals surface area contributed by atoms with Gasteiger partial charge in [0.2, 0.25) is 0 Å². The van der Waals surface area contributed by atoms with Crippen LogP contribution in [0.15, 0.2) is 142 Å². The molecule has 0 atom stereocenters. The van der Waals surface area contributed by atoms with E-state index in [0.29, 0.717) is 0 Å². The van der Waals surface area contributed by atoms with Crippen LogP contribution in [0.4, 0.5) is 0 Å². The Morgan fingerprint density at radius 3 is 0.909 bits per heavy atom. The maximum Gasteiger partial charge on any atom is 0.131 e. The summed E-state index contributed by atoms with van der Waals surface area (Å²) in [6.45, 7) is 44.3. The molecule has 0 radical (unpaired) electrons. The van der Waals surface area contributed by atoms with E-state index in [1.165, 1.54) is 74.3 Å². The van der Waals surface area contributed by atoms with Crippen LogP contribution in [0, 0.1) is 0 Å². The molecule has 434 valence electrons. The van der Waals surface area contributed by atoms with E-state index < -0.39 is 0 Å². The third-order valence-corrected chi connectivity index (χ3v) is 7.20. The van der Waals surface area contributed by atoms with E-state index in [2.05, 4.69) is 197 Å². The summed E-state index contributed by atoms with van der Waals surface area (Å²) in [6, 6.07) is 17.8. The molecule has 7 rings (SSSR count). The van der Waals surface area contributed by atoms with Gasteiger partial charge in [0.25, 0.3) is 0 Å². The number of aromatic nitrogens is 12. The molecule has 12 nitrogen and oxygen atoms in total. The maximum absolute atomic E-state index is 4.10. The van der Waals surface area contributed by atoms with Crippen LogP contribution in [0.2, 0.25) is 0 Å². The quantitative estimate of drug-likeness (QED) is 0.149. The zero-order valence-electron chi connectivity index (χ0n) is 53.0. The van der Waals surface area contributed by atoms with Crippen LogP contribution in [0.3, 0.4) is 0 Å². The second kappa shape index (κ2) is 81.1. The van der Waals surface area contributed by atoms with Gasteiger partial charge in [-0.15, -0.1) is 0 Å². The summed E-state index contributed by atoms with van der Waals surface area (Å²) in [7, 11) is 0. The van der Waals surface area contributed by atoms with Gasteiger partial charge in [0.15, 0.2) is 0 Å². The predicted molar refractivity (Wildman–Crippen MR) is 336 cm³/mol. The molecule has 0 saturated carbocycles. The average Bonchev–Trinajstić information content (AvgIpc) is 3.49. The monoisotopic (exact) mass is 1060 g/mol. The molecule has 7 aromatic rings. The maximum atomic E-state index is 4.10. The Kier molecular flexibility index (Phi) is 89.1. The third-order valence-electron chi connectivity index (χ3n) is 7.20. The fourth-order valence-electron chi connectivity index (χ4n) is 3.83. The van der Waals surface area contributed by atoms with E-state index in [9.17, 15) is 0 Å². The standard InChI is InChI=1S/3C7H9N.3C6H8N2.C5H7N3.7C3H8/c1-2-7-3-5-8-6-4-7;1-2-7-4-3-5-8-6-7;1-2-7-5-3-4-6-8-7;1-2-6-3-7-5-8-4-6;1-2-6-3-4-7-5-8-6;1-2-6-7-4-3-5-8-6;1-2-5-7-3-6-4-8-5;7*1-3-2/h3*3-6H,2H2,1H3;3*3-5H,2H2,1H3;3-4H,2H2,1H3;7*3H2,1-2H3. The lowest BCUT2D eigenvalue weighted by Crippen LogP contribution is -1.90. The fourth-order valence-corrected chi connectivity index (χ4v) is 3.83. The number of pyridine rings is 3. The van der Waals surface area contributed by atoms with Crippen molar-refractivity contribution in [2.24, 2.45) is 0 Å².